The maximum absolute atomic E-state index is 12.9. The Bertz CT molecular complexity index is 915. The number of aryl methyl sites for hydroxylation is 1. The van der Waals surface area contributed by atoms with Gasteiger partial charge in [0.05, 0.1) is 13.0 Å². The van der Waals surface area contributed by atoms with Crippen LogP contribution in [0.2, 0.25) is 0 Å². The zero-order chi connectivity index (χ0) is 22.4. The highest BCUT2D eigenvalue weighted by molar-refractivity contribution is 6.10. The molecule has 3 rings (SSSR count). The second-order valence-corrected chi connectivity index (χ2v) is 8.70. The summed E-state index contributed by atoms with van der Waals surface area (Å²) in [6, 6.07) is 13.2. The molecule has 1 atom stereocenters. The van der Waals surface area contributed by atoms with Crippen LogP contribution in [-0.2, 0) is 11.3 Å². The number of Topliss-reactive ketones (excluding diaryl/α,β-unsaturated/α-hetero) is 2. The highest BCUT2D eigenvalue weighted by Gasteiger charge is 2.27. The molecule has 1 aliphatic rings. The Morgan fingerprint density at radius 1 is 1.16 bits per heavy atom. The van der Waals surface area contributed by atoms with E-state index in [2.05, 4.69) is 36.1 Å². The maximum Gasteiger partial charge on any atom is 0.173 e. The lowest BCUT2D eigenvalue weighted by atomic mass is 9.84. The van der Waals surface area contributed by atoms with Crippen molar-refractivity contribution in [2.24, 2.45) is 11.8 Å². The van der Waals surface area contributed by atoms with Crippen molar-refractivity contribution in [3.63, 3.8) is 0 Å². The number of carbonyl (C=O) groups is 2. The molecule has 1 unspecified atom stereocenters. The molecule has 0 spiro atoms. The third kappa shape index (κ3) is 6.17. The molecular weight excluding hydrogens is 390 g/mol. The zero-order valence-corrected chi connectivity index (χ0v) is 18.8. The molecule has 166 valence electrons. The summed E-state index contributed by atoms with van der Waals surface area (Å²) in [6.45, 7) is 6.67. The topological polar surface area (TPSA) is 66.8 Å². The quantitative estimate of drug-likeness (QED) is 0.464. The lowest BCUT2D eigenvalue weighted by Crippen LogP contribution is -2.33. The van der Waals surface area contributed by atoms with Crippen LogP contribution in [0.5, 0.6) is 11.5 Å². The summed E-state index contributed by atoms with van der Waals surface area (Å²) in [5, 5.41) is 9.97. The van der Waals surface area contributed by atoms with Gasteiger partial charge in [0.25, 0.3) is 0 Å². The van der Waals surface area contributed by atoms with Crippen molar-refractivity contribution in [1.29, 1.82) is 0 Å². The molecule has 1 aliphatic heterocycles. The SMILES string of the molecule is COc1ccc(C(=O)C(CCC2CCN(Cc3cccc(C)c3)CC2)C(C)=O)cc1O. The minimum atomic E-state index is -0.655. The summed E-state index contributed by atoms with van der Waals surface area (Å²) < 4.78 is 5.03. The van der Waals surface area contributed by atoms with E-state index in [1.807, 2.05) is 0 Å². The second-order valence-electron chi connectivity index (χ2n) is 8.70. The molecule has 0 radical (unpaired) electrons. The molecule has 5 nitrogen and oxygen atoms in total. The number of ether oxygens (including phenoxy) is 1. The first-order valence-corrected chi connectivity index (χ1v) is 11.1. The van der Waals surface area contributed by atoms with Gasteiger partial charge in [0.1, 0.15) is 5.78 Å². The van der Waals surface area contributed by atoms with Crippen molar-refractivity contribution < 1.29 is 19.4 Å². The molecule has 0 bridgehead atoms. The fraction of sp³-hybridized carbons (Fsp3) is 0.462. The minimum absolute atomic E-state index is 0.0865. The van der Waals surface area contributed by atoms with Gasteiger partial charge in [-0.1, -0.05) is 29.8 Å². The molecule has 1 heterocycles. The van der Waals surface area contributed by atoms with Crippen molar-refractivity contribution in [2.45, 2.75) is 46.1 Å². The summed E-state index contributed by atoms with van der Waals surface area (Å²) in [5.41, 5.74) is 2.99. The van der Waals surface area contributed by atoms with Crippen LogP contribution in [0, 0.1) is 18.8 Å². The van der Waals surface area contributed by atoms with Gasteiger partial charge in [0.2, 0.25) is 0 Å². The van der Waals surface area contributed by atoms with Gasteiger partial charge in [-0.25, -0.2) is 0 Å². The average molecular weight is 424 g/mol. The van der Waals surface area contributed by atoms with E-state index in [0.29, 0.717) is 23.7 Å². The monoisotopic (exact) mass is 423 g/mol. The Labute approximate surface area is 185 Å². The van der Waals surface area contributed by atoms with Gasteiger partial charge in [0.15, 0.2) is 17.3 Å². The van der Waals surface area contributed by atoms with Gasteiger partial charge < -0.3 is 9.84 Å². The van der Waals surface area contributed by atoms with Gasteiger partial charge in [-0.2, -0.15) is 0 Å². The number of ketones is 2. The molecule has 1 saturated heterocycles. The standard InChI is InChI=1S/C26H33NO4/c1-18-5-4-6-21(15-18)17-27-13-11-20(12-14-27)7-9-23(19(2)28)26(30)22-8-10-25(31-3)24(29)16-22/h4-6,8,10,15-16,20,23,29H,7,9,11-14,17H2,1-3H3. The number of phenolic OH excluding ortho intramolecular Hbond substituents is 1. The summed E-state index contributed by atoms with van der Waals surface area (Å²) >= 11 is 0. The van der Waals surface area contributed by atoms with E-state index >= 15 is 0 Å². The second kappa shape index (κ2) is 10.6. The fourth-order valence-electron chi connectivity index (χ4n) is 4.47. The number of hydrogen-bond acceptors (Lipinski definition) is 5. The molecule has 1 N–H and O–H groups in total. The largest absolute Gasteiger partial charge is 0.504 e. The van der Waals surface area contributed by atoms with Gasteiger partial charge in [-0.05, 0) is 82.3 Å². The predicted molar refractivity (Wildman–Crippen MR) is 122 cm³/mol. The first-order chi connectivity index (χ1) is 14.9. The van der Waals surface area contributed by atoms with Crippen LogP contribution in [-0.4, -0.2) is 41.8 Å². The number of hydrogen-bond donors (Lipinski definition) is 1. The van der Waals surface area contributed by atoms with Crippen molar-refractivity contribution in [3.05, 3.63) is 59.2 Å². The maximum atomic E-state index is 12.9. The third-order valence-electron chi connectivity index (χ3n) is 6.33. The van der Waals surface area contributed by atoms with Crippen LogP contribution in [0.15, 0.2) is 42.5 Å². The summed E-state index contributed by atoms with van der Waals surface area (Å²) in [6.07, 6.45) is 3.61. The zero-order valence-electron chi connectivity index (χ0n) is 18.8. The van der Waals surface area contributed by atoms with Gasteiger partial charge in [0, 0.05) is 12.1 Å². The molecule has 1 fully saturated rings. The first-order valence-electron chi connectivity index (χ1n) is 11.1. The third-order valence-corrected chi connectivity index (χ3v) is 6.33. The Balaban J connectivity index is 1.52. The van der Waals surface area contributed by atoms with Crippen LogP contribution in [0.4, 0.5) is 0 Å². The summed E-state index contributed by atoms with van der Waals surface area (Å²) in [5.74, 6) is -0.227. The van der Waals surface area contributed by atoms with E-state index in [1.54, 1.807) is 12.1 Å². The van der Waals surface area contributed by atoms with Crippen LogP contribution >= 0.6 is 0 Å². The Morgan fingerprint density at radius 3 is 2.52 bits per heavy atom. The Kier molecular flexibility index (Phi) is 7.85. The Morgan fingerprint density at radius 2 is 1.90 bits per heavy atom. The number of rotatable bonds is 9. The summed E-state index contributed by atoms with van der Waals surface area (Å²) in [4.78, 5) is 27.6. The molecule has 2 aromatic carbocycles. The number of nitrogens with zero attached hydrogens (tertiary/aromatic N) is 1. The molecular formula is C26H33NO4. The molecule has 0 amide bonds. The minimum Gasteiger partial charge on any atom is -0.504 e. The number of carbonyl (C=O) groups excluding carboxylic acids is 2. The molecule has 0 aliphatic carbocycles. The molecule has 0 saturated carbocycles. The van der Waals surface area contributed by atoms with E-state index in [-0.39, 0.29) is 17.3 Å². The number of benzene rings is 2. The van der Waals surface area contributed by atoms with Crippen LogP contribution in [0.25, 0.3) is 0 Å². The van der Waals surface area contributed by atoms with Crippen LogP contribution in [0.1, 0.15) is 54.1 Å². The van der Waals surface area contributed by atoms with E-state index in [1.165, 1.54) is 31.2 Å². The van der Waals surface area contributed by atoms with E-state index in [0.717, 1.165) is 38.9 Å². The lowest BCUT2D eigenvalue weighted by molar-refractivity contribution is -0.119. The van der Waals surface area contributed by atoms with Crippen LogP contribution < -0.4 is 4.74 Å². The van der Waals surface area contributed by atoms with Gasteiger partial charge >= 0.3 is 0 Å². The number of methoxy groups -OCH3 is 1. The van der Waals surface area contributed by atoms with E-state index in [9.17, 15) is 14.7 Å². The van der Waals surface area contributed by atoms with Gasteiger partial charge in [-0.15, -0.1) is 0 Å². The highest BCUT2D eigenvalue weighted by Crippen LogP contribution is 2.30. The molecule has 5 heteroatoms. The normalized spacial score (nSPS) is 16.1. The number of aromatic hydroxyl groups is 1. The van der Waals surface area contributed by atoms with E-state index < -0.39 is 5.92 Å². The number of phenols is 1. The number of likely N-dealkylation sites (tertiary alicyclic amines) is 1. The molecule has 2 aromatic rings. The van der Waals surface area contributed by atoms with Gasteiger partial charge in [-0.3, -0.25) is 14.5 Å². The van der Waals surface area contributed by atoms with Crippen molar-refractivity contribution in [1.82, 2.24) is 4.90 Å². The lowest BCUT2D eigenvalue weighted by Gasteiger charge is -2.32. The smallest absolute Gasteiger partial charge is 0.173 e. The predicted octanol–water partition coefficient (Wildman–Crippen LogP) is 4.79. The first kappa shape index (κ1) is 23.0. The molecule has 0 aromatic heterocycles. The van der Waals surface area contributed by atoms with Crippen LogP contribution in [0.3, 0.4) is 0 Å². The van der Waals surface area contributed by atoms with E-state index in [4.69, 9.17) is 4.74 Å². The number of piperidine rings is 1. The fourth-order valence-corrected chi connectivity index (χ4v) is 4.47. The van der Waals surface area contributed by atoms with Crippen molar-refractivity contribution >= 4 is 11.6 Å². The van der Waals surface area contributed by atoms with Crippen molar-refractivity contribution in [2.75, 3.05) is 20.2 Å². The highest BCUT2D eigenvalue weighted by atomic mass is 16.5. The Hall–Kier alpha value is -2.66. The molecule has 31 heavy (non-hydrogen) atoms. The van der Waals surface area contributed by atoms with Crippen molar-refractivity contribution in [3.8, 4) is 11.5 Å². The summed E-state index contributed by atoms with van der Waals surface area (Å²) in [7, 11) is 1.46. The average Bonchev–Trinajstić information content (AvgIpc) is 2.74.